The Balaban J connectivity index is 3.87. The average Bonchev–Trinajstić information content (AvgIpc) is 3.51. The summed E-state index contributed by atoms with van der Waals surface area (Å²) in [6.45, 7) is 4.39. The second-order valence-corrected chi connectivity index (χ2v) is 27.8. The largest absolute Gasteiger partial charge is 0.472 e. The minimum atomic E-state index is -4.39. The SMILES string of the molecule is CC/C=C\C/C=C\C/C=C\C/C=C\CCCCCCCCCCCCCCCCCCCCCCCCCCCCCCC(=O)OC(COC(=O)CCCCCCCCCCCCCCCCCCCCCC)COP(=O)(O)OCC[N+](C)(C)C. The van der Waals surface area contributed by atoms with Gasteiger partial charge in [0.2, 0.25) is 0 Å². The maximum atomic E-state index is 12.9. The van der Waals surface area contributed by atoms with Crippen molar-refractivity contribution in [2.75, 3.05) is 47.5 Å². The van der Waals surface area contributed by atoms with E-state index in [0.29, 0.717) is 23.9 Å². The number of unbranched alkanes of at least 4 members (excludes halogenated alkanes) is 47. The first-order valence-corrected chi connectivity index (χ1v) is 38.4. The monoisotopic (exact) mass is 1220 g/mol. The number of quaternary nitrogens is 1. The van der Waals surface area contributed by atoms with Crippen molar-refractivity contribution in [3.8, 4) is 0 Å². The van der Waals surface area contributed by atoms with Crippen molar-refractivity contribution in [3.63, 3.8) is 0 Å². The van der Waals surface area contributed by atoms with Crippen molar-refractivity contribution in [3.05, 3.63) is 48.6 Å². The van der Waals surface area contributed by atoms with E-state index in [1.165, 1.54) is 276 Å². The zero-order valence-corrected chi connectivity index (χ0v) is 58.0. The Morgan fingerprint density at radius 3 is 1.00 bits per heavy atom. The number of carbonyl (C=O) groups excluding carboxylic acids is 2. The van der Waals surface area contributed by atoms with E-state index in [1.54, 1.807) is 0 Å². The highest BCUT2D eigenvalue weighted by molar-refractivity contribution is 7.47. The van der Waals surface area contributed by atoms with Gasteiger partial charge in [-0.1, -0.05) is 351 Å². The van der Waals surface area contributed by atoms with Gasteiger partial charge in [-0.05, 0) is 51.4 Å². The van der Waals surface area contributed by atoms with Crippen LogP contribution in [0.1, 0.15) is 367 Å². The lowest BCUT2D eigenvalue weighted by Crippen LogP contribution is -2.37. The second-order valence-electron chi connectivity index (χ2n) is 26.3. The summed E-state index contributed by atoms with van der Waals surface area (Å²) in [5.74, 6) is -0.773. The van der Waals surface area contributed by atoms with Gasteiger partial charge in [-0.25, -0.2) is 4.57 Å². The summed E-state index contributed by atoms with van der Waals surface area (Å²) in [5, 5.41) is 0. The Bertz CT molecular complexity index is 1570. The van der Waals surface area contributed by atoms with Gasteiger partial charge >= 0.3 is 19.8 Å². The molecule has 0 amide bonds. The maximum Gasteiger partial charge on any atom is 0.472 e. The predicted molar refractivity (Wildman–Crippen MR) is 367 cm³/mol. The second kappa shape index (κ2) is 66.4. The molecule has 0 radical (unpaired) electrons. The summed E-state index contributed by atoms with van der Waals surface area (Å²) >= 11 is 0. The molecule has 0 bridgehead atoms. The molecule has 0 saturated carbocycles. The summed E-state index contributed by atoms with van der Waals surface area (Å²) < 4.78 is 34.7. The molecule has 0 saturated heterocycles. The van der Waals surface area contributed by atoms with Crippen molar-refractivity contribution in [2.24, 2.45) is 0 Å². The molecular weight excluding hydrogens is 1070 g/mol. The van der Waals surface area contributed by atoms with Crippen LogP contribution in [0.25, 0.3) is 0 Å². The van der Waals surface area contributed by atoms with Gasteiger partial charge in [-0.15, -0.1) is 0 Å². The minimum absolute atomic E-state index is 0.0356. The lowest BCUT2D eigenvalue weighted by Gasteiger charge is -2.24. The third kappa shape index (κ3) is 70.9. The van der Waals surface area contributed by atoms with Gasteiger partial charge in [0.15, 0.2) is 6.10 Å². The molecule has 0 aliphatic rings. The molecule has 2 atom stereocenters. The molecule has 0 aromatic rings. The van der Waals surface area contributed by atoms with Crippen molar-refractivity contribution < 1.29 is 42.1 Å². The lowest BCUT2D eigenvalue weighted by molar-refractivity contribution is -0.870. The van der Waals surface area contributed by atoms with Gasteiger partial charge in [0.25, 0.3) is 0 Å². The van der Waals surface area contributed by atoms with E-state index in [1.807, 2.05) is 21.1 Å². The van der Waals surface area contributed by atoms with Crippen molar-refractivity contribution in [1.82, 2.24) is 0 Å². The van der Waals surface area contributed by atoms with Crippen molar-refractivity contribution in [2.45, 2.75) is 373 Å². The van der Waals surface area contributed by atoms with Crippen LogP contribution in [0.4, 0.5) is 0 Å². The molecule has 500 valence electrons. The van der Waals surface area contributed by atoms with Crippen LogP contribution >= 0.6 is 7.82 Å². The number of hydrogen-bond donors (Lipinski definition) is 1. The fraction of sp³-hybridized carbons (Fsp3) is 0.867. The van der Waals surface area contributed by atoms with Crippen LogP contribution < -0.4 is 0 Å². The molecule has 85 heavy (non-hydrogen) atoms. The topological polar surface area (TPSA) is 108 Å². The number of esters is 2. The number of likely N-dealkylation sites (N-methyl/N-ethyl adjacent to an activating group) is 1. The highest BCUT2D eigenvalue weighted by atomic mass is 31.2. The molecule has 2 unspecified atom stereocenters. The number of allylic oxidation sites excluding steroid dienone is 8. The summed E-state index contributed by atoms with van der Waals surface area (Å²) in [6.07, 6.45) is 86.8. The van der Waals surface area contributed by atoms with Crippen LogP contribution in [0.15, 0.2) is 48.6 Å². The molecule has 0 aliphatic heterocycles. The van der Waals surface area contributed by atoms with E-state index in [2.05, 4.69) is 62.5 Å². The number of phosphoric ester groups is 1. The summed E-state index contributed by atoms with van der Waals surface area (Å²) in [6, 6.07) is 0. The molecule has 0 aromatic heterocycles. The standard InChI is InChI=1S/C75H142NO8P/c1-6-8-10-12-14-16-18-20-22-24-26-28-29-30-31-32-33-34-35-36-37-38-39-40-41-42-43-44-45-46-47-48-50-52-54-56-58-60-62-64-66-68-75(78)84-73(72-83-85(79,80)82-70-69-76(3,4)5)71-81-74(77)67-65-63-61-59-57-55-53-51-49-27-25-23-21-19-17-15-13-11-9-7-2/h8,10,14,16,20,22,26,28,73H,6-7,9,11-13,15,17-19,21,23-25,27,29-72H2,1-5H3/p+1/b10-8-,16-14-,22-20-,28-26-. The van der Waals surface area contributed by atoms with Crippen molar-refractivity contribution in [1.29, 1.82) is 0 Å². The molecule has 0 aliphatic carbocycles. The minimum Gasteiger partial charge on any atom is -0.462 e. The Morgan fingerprint density at radius 1 is 0.376 bits per heavy atom. The molecule has 0 aromatic carbocycles. The summed E-state index contributed by atoms with van der Waals surface area (Å²) in [5.41, 5.74) is 0. The van der Waals surface area contributed by atoms with Crippen molar-refractivity contribution >= 4 is 19.8 Å². The Labute approximate surface area is 528 Å². The maximum absolute atomic E-state index is 12.9. The van der Waals surface area contributed by atoms with E-state index in [0.717, 1.165) is 57.8 Å². The molecule has 1 N–H and O–H groups in total. The Morgan fingerprint density at radius 2 is 0.671 bits per heavy atom. The van der Waals surface area contributed by atoms with Crippen LogP contribution in [0.3, 0.4) is 0 Å². The van der Waals surface area contributed by atoms with Gasteiger partial charge in [-0.2, -0.15) is 0 Å². The zero-order chi connectivity index (χ0) is 61.9. The smallest absolute Gasteiger partial charge is 0.462 e. The van der Waals surface area contributed by atoms with Crippen LogP contribution in [0, 0.1) is 0 Å². The average molecular weight is 1220 g/mol. The van der Waals surface area contributed by atoms with E-state index < -0.39 is 26.5 Å². The first-order chi connectivity index (χ1) is 41.5. The normalized spacial score (nSPS) is 13.3. The first-order valence-electron chi connectivity index (χ1n) is 36.9. The van der Waals surface area contributed by atoms with E-state index in [4.69, 9.17) is 18.5 Å². The third-order valence-electron chi connectivity index (χ3n) is 16.6. The quantitative estimate of drug-likeness (QED) is 0.0211. The molecule has 0 heterocycles. The summed E-state index contributed by atoms with van der Waals surface area (Å²) in [4.78, 5) is 35.9. The van der Waals surface area contributed by atoms with Crippen LogP contribution in [-0.4, -0.2) is 74.9 Å². The van der Waals surface area contributed by atoms with Gasteiger partial charge in [0.1, 0.15) is 19.8 Å². The molecule has 0 rings (SSSR count). The Hall–Kier alpha value is -2.03. The molecular formula is C75H143NO8P+. The molecule has 9 nitrogen and oxygen atoms in total. The molecule has 10 heteroatoms. The number of rotatable bonds is 69. The molecule has 0 spiro atoms. The first kappa shape index (κ1) is 83.0. The molecule has 0 fully saturated rings. The number of nitrogens with zero attached hydrogens (tertiary/aromatic N) is 1. The van der Waals surface area contributed by atoms with Gasteiger partial charge < -0.3 is 18.9 Å². The van der Waals surface area contributed by atoms with Gasteiger partial charge in [-0.3, -0.25) is 18.6 Å². The van der Waals surface area contributed by atoms with Gasteiger partial charge in [0.05, 0.1) is 27.7 Å². The number of hydrogen-bond acceptors (Lipinski definition) is 7. The highest BCUT2D eigenvalue weighted by Gasteiger charge is 2.27. The third-order valence-corrected chi connectivity index (χ3v) is 17.6. The van der Waals surface area contributed by atoms with Crippen LogP contribution in [0.5, 0.6) is 0 Å². The van der Waals surface area contributed by atoms with Crippen LogP contribution in [0.2, 0.25) is 0 Å². The number of phosphoric acid groups is 1. The van der Waals surface area contributed by atoms with Gasteiger partial charge in [0, 0.05) is 12.8 Å². The fourth-order valence-corrected chi connectivity index (χ4v) is 11.8. The lowest BCUT2D eigenvalue weighted by atomic mass is 10.0. The predicted octanol–water partition coefficient (Wildman–Crippen LogP) is 24.0. The fourth-order valence-electron chi connectivity index (χ4n) is 11.0. The Kier molecular flexibility index (Phi) is 64.8. The van der Waals surface area contributed by atoms with E-state index in [-0.39, 0.29) is 25.6 Å². The number of ether oxygens (including phenoxy) is 2. The zero-order valence-electron chi connectivity index (χ0n) is 57.1. The number of carbonyl (C=O) groups is 2. The van der Waals surface area contributed by atoms with Crippen LogP contribution in [-0.2, 0) is 32.7 Å². The van der Waals surface area contributed by atoms with E-state index >= 15 is 0 Å². The summed E-state index contributed by atoms with van der Waals surface area (Å²) in [7, 11) is 1.50. The van der Waals surface area contributed by atoms with E-state index in [9.17, 15) is 19.0 Å². The highest BCUT2D eigenvalue weighted by Crippen LogP contribution is 2.43.